The summed E-state index contributed by atoms with van der Waals surface area (Å²) in [7, 11) is 0. The predicted molar refractivity (Wildman–Crippen MR) is 70.5 cm³/mol. The van der Waals surface area contributed by atoms with Crippen molar-refractivity contribution in [3.63, 3.8) is 0 Å². The fourth-order valence-electron chi connectivity index (χ4n) is 3.36. The van der Waals surface area contributed by atoms with Crippen LogP contribution in [0.25, 0.3) is 0 Å². The van der Waals surface area contributed by atoms with Crippen LogP contribution in [-0.2, 0) is 11.3 Å². The van der Waals surface area contributed by atoms with E-state index in [0.29, 0.717) is 12.2 Å². The second kappa shape index (κ2) is 4.71. The Morgan fingerprint density at radius 3 is 2.94 bits per heavy atom. The molecule has 0 saturated carbocycles. The van der Waals surface area contributed by atoms with Gasteiger partial charge in [0.2, 0.25) is 0 Å². The van der Waals surface area contributed by atoms with Gasteiger partial charge >= 0.3 is 0 Å². The highest BCUT2D eigenvalue weighted by atomic mass is 16.5. The minimum atomic E-state index is 0.452. The van der Waals surface area contributed by atoms with Gasteiger partial charge in [0, 0.05) is 19.0 Å². The van der Waals surface area contributed by atoms with Gasteiger partial charge in [0.25, 0.3) is 0 Å². The third kappa shape index (κ3) is 2.34. The molecule has 100 valence electrons. The summed E-state index contributed by atoms with van der Waals surface area (Å²) in [5.41, 5.74) is 1.26. The molecule has 0 radical (unpaired) electrons. The van der Waals surface area contributed by atoms with E-state index in [9.17, 15) is 0 Å². The van der Waals surface area contributed by atoms with Gasteiger partial charge in [0.15, 0.2) is 0 Å². The molecule has 0 bridgehead atoms. The van der Waals surface area contributed by atoms with E-state index in [1.165, 1.54) is 18.4 Å². The van der Waals surface area contributed by atoms with E-state index in [-0.39, 0.29) is 0 Å². The van der Waals surface area contributed by atoms with E-state index >= 15 is 0 Å². The molecule has 3 heteroatoms. The maximum Gasteiger partial charge on any atom is 0.118 e. The molecular weight excluding hydrogens is 226 g/mol. The maximum absolute atomic E-state index is 5.94. The second-order valence-electron chi connectivity index (χ2n) is 5.96. The SMILES string of the molecule is Cc1cc(CN2CC[C@H]3O[C@H](C)C[C@@H]3C2)oc1C. The lowest BCUT2D eigenvalue weighted by Crippen LogP contribution is -2.40. The topological polar surface area (TPSA) is 25.6 Å². The van der Waals surface area contributed by atoms with Crippen molar-refractivity contribution >= 4 is 0 Å². The molecule has 2 aliphatic rings. The van der Waals surface area contributed by atoms with E-state index < -0.39 is 0 Å². The minimum Gasteiger partial charge on any atom is -0.465 e. The van der Waals surface area contributed by atoms with Gasteiger partial charge < -0.3 is 9.15 Å². The van der Waals surface area contributed by atoms with Crippen LogP contribution in [-0.4, -0.2) is 30.2 Å². The first-order valence-corrected chi connectivity index (χ1v) is 7.05. The number of nitrogens with zero attached hydrogens (tertiary/aromatic N) is 1. The summed E-state index contributed by atoms with van der Waals surface area (Å²) in [6.07, 6.45) is 3.36. The Kier molecular flexibility index (Phi) is 3.20. The van der Waals surface area contributed by atoms with Gasteiger partial charge in [-0.25, -0.2) is 0 Å². The monoisotopic (exact) mass is 249 g/mol. The zero-order valence-corrected chi connectivity index (χ0v) is 11.6. The van der Waals surface area contributed by atoms with E-state index in [4.69, 9.17) is 9.15 Å². The van der Waals surface area contributed by atoms with Crippen molar-refractivity contribution in [2.45, 2.75) is 52.4 Å². The largest absolute Gasteiger partial charge is 0.465 e. The van der Waals surface area contributed by atoms with Gasteiger partial charge in [-0.05, 0) is 45.2 Å². The normalized spacial score (nSPS) is 32.7. The van der Waals surface area contributed by atoms with Crippen LogP contribution in [0.4, 0.5) is 0 Å². The second-order valence-corrected chi connectivity index (χ2v) is 5.96. The van der Waals surface area contributed by atoms with Gasteiger partial charge in [-0.15, -0.1) is 0 Å². The molecule has 1 aromatic heterocycles. The smallest absolute Gasteiger partial charge is 0.118 e. The van der Waals surface area contributed by atoms with E-state index in [0.717, 1.165) is 37.1 Å². The van der Waals surface area contributed by atoms with Crippen LogP contribution in [0, 0.1) is 19.8 Å². The summed E-state index contributed by atoms with van der Waals surface area (Å²) in [6, 6.07) is 2.18. The van der Waals surface area contributed by atoms with Crippen molar-refractivity contribution in [3.05, 3.63) is 23.2 Å². The highest BCUT2D eigenvalue weighted by molar-refractivity contribution is 5.18. The van der Waals surface area contributed by atoms with E-state index in [1.807, 2.05) is 6.92 Å². The lowest BCUT2D eigenvalue weighted by molar-refractivity contribution is 0.00461. The third-order valence-electron chi connectivity index (χ3n) is 4.39. The molecule has 3 nitrogen and oxygen atoms in total. The van der Waals surface area contributed by atoms with Crippen LogP contribution in [0.3, 0.4) is 0 Å². The summed E-state index contributed by atoms with van der Waals surface area (Å²) in [5.74, 6) is 2.89. The van der Waals surface area contributed by atoms with Crippen LogP contribution in [0.5, 0.6) is 0 Å². The minimum absolute atomic E-state index is 0.452. The molecule has 2 aliphatic heterocycles. The molecule has 2 saturated heterocycles. The summed E-state index contributed by atoms with van der Waals surface area (Å²) in [6.45, 7) is 9.59. The Morgan fingerprint density at radius 2 is 2.22 bits per heavy atom. The standard InChI is InChI=1S/C15H23NO2/c1-10-6-14(18-12(10)3)9-16-5-4-15-13(8-16)7-11(2)17-15/h6,11,13,15H,4-5,7-9H2,1-3H3/t11-,13-,15-/m1/s1. The molecule has 0 aromatic carbocycles. The Labute approximate surface area is 109 Å². The summed E-state index contributed by atoms with van der Waals surface area (Å²) < 4.78 is 11.7. The van der Waals surface area contributed by atoms with Crippen LogP contribution < -0.4 is 0 Å². The van der Waals surface area contributed by atoms with E-state index in [2.05, 4.69) is 24.8 Å². The predicted octanol–water partition coefficient (Wildman–Crippen LogP) is 2.90. The Hall–Kier alpha value is -0.800. The summed E-state index contributed by atoms with van der Waals surface area (Å²) >= 11 is 0. The number of likely N-dealkylation sites (tertiary alicyclic amines) is 1. The van der Waals surface area contributed by atoms with Crippen molar-refractivity contribution < 1.29 is 9.15 Å². The molecule has 3 atom stereocenters. The molecule has 0 aliphatic carbocycles. The molecule has 0 amide bonds. The first-order chi connectivity index (χ1) is 8.61. The third-order valence-corrected chi connectivity index (χ3v) is 4.39. The summed E-state index contributed by atoms with van der Waals surface area (Å²) in [4.78, 5) is 2.51. The molecule has 3 rings (SSSR count). The first-order valence-electron chi connectivity index (χ1n) is 7.05. The van der Waals surface area contributed by atoms with Gasteiger partial charge in [0.05, 0.1) is 18.8 Å². The number of piperidine rings is 1. The molecule has 3 heterocycles. The Morgan fingerprint density at radius 1 is 1.39 bits per heavy atom. The Balaban J connectivity index is 1.61. The molecule has 2 fully saturated rings. The van der Waals surface area contributed by atoms with E-state index in [1.54, 1.807) is 0 Å². The van der Waals surface area contributed by atoms with Gasteiger partial charge in [0.1, 0.15) is 11.5 Å². The van der Waals surface area contributed by atoms with Crippen molar-refractivity contribution in [1.29, 1.82) is 0 Å². The van der Waals surface area contributed by atoms with Crippen molar-refractivity contribution in [2.75, 3.05) is 13.1 Å². The highest BCUT2D eigenvalue weighted by Crippen LogP contribution is 2.33. The molecule has 0 spiro atoms. The number of ether oxygens (including phenoxy) is 1. The number of rotatable bonds is 2. The molecule has 0 unspecified atom stereocenters. The van der Waals surface area contributed by atoms with Gasteiger partial charge in [-0.1, -0.05) is 0 Å². The quantitative estimate of drug-likeness (QED) is 0.806. The van der Waals surface area contributed by atoms with Crippen molar-refractivity contribution in [2.24, 2.45) is 5.92 Å². The van der Waals surface area contributed by atoms with Crippen LogP contribution in [0.1, 0.15) is 36.8 Å². The average molecular weight is 249 g/mol. The number of hydrogen-bond donors (Lipinski definition) is 0. The number of fused-ring (bicyclic) bond motifs is 1. The van der Waals surface area contributed by atoms with Crippen molar-refractivity contribution in [3.8, 4) is 0 Å². The van der Waals surface area contributed by atoms with Gasteiger partial charge in [-0.3, -0.25) is 4.90 Å². The number of hydrogen-bond acceptors (Lipinski definition) is 3. The lowest BCUT2D eigenvalue weighted by atomic mass is 9.93. The molecule has 0 N–H and O–H groups in total. The molecular formula is C15H23NO2. The maximum atomic E-state index is 5.94. The number of aryl methyl sites for hydroxylation is 2. The fraction of sp³-hybridized carbons (Fsp3) is 0.733. The number of furan rings is 1. The van der Waals surface area contributed by atoms with Crippen molar-refractivity contribution in [1.82, 2.24) is 4.90 Å². The Bertz CT molecular complexity index is 407. The van der Waals surface area contributed by atoms with Crippen LogP contribution >= 0.6 is 0 Å². The zero-order valence-electron chi connectivity index (χ0n) is 11.6. The van der Waals surface area contributed by atoms with Crippen LogP contribution in [0.2, 0.25) is 0 Å². The first kappa shape index (κ1) is 12.2. The highest BCUT2D eigenvalue weighted by Gasteiger charge is 2.37. The van der Waals surface area contributed by atoms with Gasteiger partial charge in [-0.2, -0.15) is 0 Å². The molecule has 1 aromatic rings. The molecule has 18 heavy (non-hydrogen) atoms. The average Bonchev–Trinajstić information content (AvgIpc) is 2.81. The lowest BCUT2D eigenvalue weighted by Gasteiger charge is -2.33. The van der Waals surface area contributed by atoms with Crippen LogP contribution in [0.15, 0.2) is 10.5 Å². The zero-order chi connectivity index (χ0) is 12.7. The fourth-order valence-corrected chi connectivity index (χ4v) is 3.36. The summed E-state index contributed by atoms with van der Waals surface area (Å²) in [5, 5.41) is 0.